The van der Waals surface area contributed by atoms with E-state index in [1.54, 1.807) is 0 Å². The summed E-state index contributed by atoms with van der Waals surface area (Å²) in [6, 6.07) is 22.0. The molecule has 4 rings (SSSR count). The first-order chi connectivity index (χ1) is 13.8. The Morgan fingerprint density at radius 2 is 1.43 bits per heavy atom. The van der Waals surface area contributed by atoms with E-state index >= 15 is 0 Å². The molecule has 5 nitrogen and oxygen atoms in total. The minimum absolute atomic E-state index is 0.0736. The van der Waals surface area contributed by atoms with E-state index in [0.29, 0.717) is 18.8 Å². The molecule has 28 heavy (non-hydrogen) atoms. The SMILES string of the molecule is O=C(c1cc(N2CCCC2)ncn1)N(Cc1ccccc1)Cc1ccccc1. The molecule has 0 unspecified atom stereocenters. The van der Waals surface area contributed by atoms with Crippen LogP contribution in [0.1, 0.15) is 34.5 Å². The molecule has 1 saturated heterocycles. The number of anilines is 1. The minimum Gasteiger partial charge on any atom is -0.357 e. The number of benzene rings is 2. The second-order valence-corrected chi connectivity index (χ2v) is 7.09. The zero-order valence-electron chi connectivity index (χ0n) is 15.9. The maximum atomic E-state index is 13.3. The minimum atomic E-state index is -0.0736. The lowest BCUT2D eigenvalue weighted by Gasteiger charge is -2.23. The number of aromatic nitrogens is 2. The quantitative estimate of drug-likeness (QED) is 0.658. The van der Waals surface area contributed by atoms with Gasteiger partial charge in [-0.2, -0.15) is 0 Å². The first-order valence-corrected chi connectivity index (χ1v) is 9.74. The first kappa shape index (κ1) is 18.2. The Balaban J connectivity index is 1.59. The van der Waals surface area contributed by atoms with Gasteiger partial charge in [0.05, 0.1) is 0 Å². The van der Waals surface area contributed by atoms with Crippen LogP contribution in [0.25, 0.3) is 0 Å². The van der Waals surface area contributed by atoms with Gasteiger partial charge in [-0.3, -0.25) is 4.79 Å². The van der Waals surface area contributed by atoms with Crippen molar-refractivity contribution in [1.29, 1.82) is 0 Å². The topological polar surface area (TPSA) is 49.3 Å². The third-order valence-corrected chi connectivity index (χ3v) is 5.02. The highest BCUT2D eigenvalue weighted by molar-refractivity contribution is 5.92. The van der Waals surface area contributed by atoms with Crippen LogP contribution in [-0.2, 0) is 13.1 Å². The largest absolute Gasteiger partial charge is 0.357 e. The summed E-state index contributed by atoms with van der Waals surface area (Å²) >= 11 is 0. The van der Waals surface area contributed by atoms with Crippen LogP contribution in [-0.4, -0.2) is 33.9 Å². The molecule has 0 N–H and O–H groups in total. The van der Waals surface area contributed by atoms with Crippen LogP contribution in [0.15, 0.2) is 73.1 Å². The van der Waals surface area contributed by atoms with Gasteiger partial charge < -0.3 is 9.80 Å². The third-order valence-electron chi connectivity index (χ3n) is 5.02. The van der Waals surface area contributed by atoms with Gasteiger partial charge in [0.1, 0.15) is 17.8 Å². The molecule has 1 aromatic heterocycles. The first-order valence-electron chi connectivity index (χ1n) is 9.74. The van der Waals surface area contributed by atoms with Gasteiger partial charge >= 0.3 is 0 Å². The van der Waals surface area contributed by atoms with Crippen molar-refractivity contribution in [3.05, 3.63) is 89.9 Å². The number of carbonyl (C=O) groups is 1. The monoisotopic (exact) mass is 372 g/mol. The van der Waals surface area contributed by atoms with Gasteiger partial charge in [-0.25, -0.2) is 9.97 Å². The summed E-state index contributed by atoms with van der Waals surface area (Å²) in [5.41, 5.74) is 2.64. The van der Waals surface area contributed by atoms with Crippen LogP contribution in [0, 0.1) is 0 Å². The van der Waals surface area contributed by atoms with Gasteiger partial charge in [-0.05, 0) is 24.0 Å². The Morgan fingerprint density at radius 1 is 0.857 bits per heavy atom. The summed E-state index contributed by atoms with van der Waals surface area (Å²) in [4.78, 5) is 26.1. The number of hydrogen-bond donors (Lipinski definition) is 0. The molecule has 1 aliphatic heterocycles. The van der Waals surface area contributed by atoms with Crippen molar-refractivity contribution in [2.24, 2.45) is 0 Å². The molecule has 142 valence electrons. The summed E-state index contributed by atoms with van der Waals surface area (Å²) in [7, 11) is 0. The molecule has 1 amide bonds. The average Bonchev–Trinajstić information content (AvgIpc) is 3.29. The molecule has 0 spiro atoms. The van der Waals surface area contributed by atoms with E-state index in [1.165, 1.54) is 19.2 Å². The molecule has 0 bridgehead atoms. The van der Waals surface area contributed by atoms with E-state index in [0.717, 1.165) is 30.0 Å². The Kier molecular flexibility index (Phi) is 5.61. The van der Waals surface area contributed by atoms with Crippen LogP contribution in [0.2, 0.25) is 0 Å². The highest BCUT2D eigenvalue weighted by Gasteiger charge is 2.21. The summed E-state index contributed by atoms with van der Waals surface area (Å²) in [6.07, 6.45) is 3.84. The standard InChI is InChI=1S/C23H24N4O/c28-23(21-15-22(25-18-24-21)26-13-7-8-14-26)27(16-19-9-3-1-4-10-19)17-20-11-5-2-6-12-20/h1-6,9-12,15,18H,7-8,13-14,16-17H2. The molecule has 0 radical (unpaired) electrons. The lowest BCUT2D eigenvalue weighted by Crippen LogP contribution is -2.31. The number of rotatable bonds is 6. The van der Waals surface area contributed by atoms with Crippen molar-refractivity contribution < 1.29 is 4.79 Å². The maximum Gasteiger partial charge on any atom is 0.273 e. The third kappa shape index (κ3) is 4.36. The van der Waals surface area contributed by atoms with E-state index < -0.39 is 0 Å². The molecule has 0 atom stereocenters. The fourth-order valence-corrected chi connectivity index (χ4v) is 3.55. The lowest BCUT2D eigenvalue weighted by molar-refractivity contribution is 0.0724. The van der Waals surface area contributed by atoms with E-state index in [2.05, 4.69) is 14.9 Å². The molecule has 5 heteroatoms. The van der Waals surface area contributed by atoms with Gasteiger partial charge in [0.2, 0.25) is 0 Å². The molecule has 1 aliphatic rings. The Hall–Kier alpha value is -3.21. The Morgan fingerprint density at radius 3 is 2.00 bits per heavy atom. The number of nitrogens with zero attached hydrogens (tertiary/aromatic N) is 4. The van der Waals surface area contributed by atoms with Crippen molar-refractivity contribution in [1.82, 2.24) is 14.9 Å². The number of hydrogen-bond acceptors (Lipinski definition) is 4. The van der Waals surface area contributed by atoms with Crippen molar-refractivity contribution in [2.45, 2.75) is 25.9 Å². The summed E-state index contributed by atoms with van der Waals surface area (Å²) in [5.74, 6) is 0.769. The fraction of sp³-hybridized carbons (Fsp3) is 0.261. The van der Waals surface area contributed by atoms with Gasteiger partial charge in [0, 0.05) is 32.2 Å². The van der Waals surface area contributed by atoms with Gasteiger partial charge in [0.15, 0.2) is 0 Å². The highest BCUT2D eigenvalue weighted by Crippen LogP contribution is 2.19. The second kappa shape index (κ2) is 8.65. The molecule has 2 aromatic carbocycles. The van der Waals surface area contributed by atoms with Crippen molar-refractivity contribution in [3.8, 4) is 0 Å². The fourth-order valence-electron chi connectivity index (χ4n) is 3.55. The summed E-state index contributed by atoms with van der Waals surface area (Å²) in [6.45, 7) is 3.06. The van der Waals surface area contributed by atoms with E-state index in [9.17, 15) is 4.79 Å². The second-order valence-electron chi connectivity index (χ2n) is 7.09. The summed E-state index contributed by atoms with van der Waals surface area (Å²) < 4.78 is 0. The summed E-state index contributed by atoms with van der Waals surface area (Å²) in [5, 5.41) is 0. The molecule has 3 aromatic rings. The van der Waals surface area contributed by atoms with Crippen LogP contribution in [0.5, 0.6) is 0 Å². The molecular formula is C23H24N4O. The Bertz CT molecular complexity index is 867. The number of amides is 1. The lowest BCUT2D eigenvalue weighted by atomic mass is 10.1. The normalized spacial score (nSPS) is 13.5. The Labute approximate surface area is 165 Å². The molecular weight excluding hydrogens is 348 g/mol. The highest BCUT2D eigenvalue weighted by atomic mass is 16.2. The molecule has 0 aliphatic carbocycles. The van der Waals surface area contributed by atoms with Crippen molar-refractivity contribution in [2.75, 3.05) is 18.0 Å². The van der Waals surface area contributed by atoms with Crippen LogP contribution in [0.3, 0.4) is 0 Å². The average molecular weight is 372 g/mol. The maximum absolute atomic E-state index is 13.3. The van der Waals surface area contributed by atoms with Crippen LogP contribution < -0.4 is 4.90 Å². The van der Waals surface area contributed by atoms with E-state index in [1.807, 2.05) is 71.6 Å². The van der Waals surface area contributed by atoms with Gasteiger partial charge in [0.25, 0.3) is 5.91 Å². The van der Waals surface area contributed by atoms with Crippen LogP contribution >= 0.6 is 0 Å². The molecule has 0 saturated carbocycles. The number of carbonyl (C=O) groups excluding carboxylic acids is 1. The molecule has 1 fully saturated rings. The zero-order valence-corrected chi connectivity index (χ0v) is 15.9. The van der Waals surface area contributed by atoms with E-state index in [4.69, 9.17) is 0 Å². The van der Waals surface area contributed by atoms with Crippen LogP contribution in [0.4, 0.5) is 5.82 Å². The van der Waals surface area contributed by atoms with Gasteiger partial charge in [-0.1, -0.05) is 60.7 Å². The molecule has 2 heterocycles. The van der Waals surface area contributed by atoms with E-state index in [-0.39, 0.29) is 5.91 Å². The predicted molar refractivity (Wildman–Crippen MR) is 110 cm³/mol. The predicted octanol–water partition coefficient (Wildman–Crippen LogP) is 3.92. The van der Waals surface area contributed by atoms with Crippen molar-refractivity contribution in [3.63, 3.8) is 0 Å². The smallest absolute Gasteiger partial charge is 0.273 e. The zero-order chi connectivity index (χ0) is 19.2. The van der Waals surface area contributed by atoms with Crippen molar-refractivity contribution >= 4 is 11.7 Å². The van der Waals surface area contributed by atoms with Gasteiger partial charge in [-0.15, -0.1) is 0 Å².